The van der Waals surface area contributed by atoms with Crippen molar-refractivity contribution in [2.24, 2.45) is 5.92 Å². The van der Waals surface area contributed by atoms with E-state index in [1.807, 2.05) is 0 Å². The summed E-state index contributed by atoms with van der Waals surface area (Å²) in [6, 6.07) is 17.6. The maximum absolute atomic E-state index is 12.3. The molecule has 1 saturated heterocycles. The van der Waals surface area contributed by atoms with Crippen molar-refractivity contribution in [2.45, 2.75) is 25.8 Å². The number of carbonyl (C=O) groups is 1. The number of nitrogens with one attached hydrogen (secondary N) is 1. The number of halogens is 1. The number of rotatable bonds is 7. The number of aromatic nitrogens is 2. The lowest BCUT2D eigenvalue weighted by molar-refractivity contribution is 0.0934. The molecule has 0 spiro atoms. The van der Waals surface area contributed by atoms with Gasteiger partial charge in [0.2, 0.25) is 0 Å². The van der Waals surface area contributed by atoms with Gasteiger partial charge in [-0.15, -0.1) is 0 Å². The Morgan fingerprint density at radius 3 is 2.57 bits per heavy atom. The number of carbonyl (C=O) groups excluding carboxylic acids is 1. The molecule has 1 fully saturated rings. The summed E-state index contributed by atoms with van der Waals surface area (Å²) in [5, 5.41) is 7.33. The Labute approximate surface area is 181 Å². The fourth-order valence-corrected chi connectivity index (χ4v) is 3.90. The Kier molecular flexibility index (Phi) is 6.77. The number of amides is 1. The molecule has 0 saturated carbocycles. The van der Waals surface area contributed by atoms with E-state index in [0.29, 0.717) is 23.4 Å². The largest absolute Gasteiger partial charge is 0.349 e. The number of piperidine rings is 1. The molecule has 0 bridgehead atoms. The maximum atomic E-state index is 12.3. The van der Waals surface area contributed by atoms with Crippen molar-refractivity contribution in [2.75, 3.05) is 19.6 Å². The van der Waals surface area contributed by atoms with Crippen LogP contribution < -0.4 is 5.32 Å². The van der Waals surface area contributed by atoms with E-state index >= 15 is 0 Å². The van der Waals surface area contributed by atoms with E-state index in [1.165, 1.54) is 5.56 Å². The van der Waals surface area contributed by atoms with Gasteiger partial charge in [0.25, 0.3) is 17.6 Å². The van der Waals surface area contributed by atoms with Crippen molar-refractivity contribution in [3.8, 4) is 11.5 Å². The first-order valence-electron chi connectivity index (χ1n) is 10.3. The van der Waals surface area contributed by atoms with Crippen LogP contribution in [0.15, 0.2) is 59.1 Å². The first kappa shape index (κ1) is 20.6. The van der Waals surface area contributed by atoms with E-state index in [2.05, 4.69) is 50.7 Å². The van der Waals surface area contributed by atoms with Gasteiger partial charge in [0.05, 0.1) is 0 Å². The summed E-state index contributed by atoms with van der Waals surface area (Å²) >= 11 is 5.89. The van der Waals surface area contributed by atoms with Gasteiger partial charge in [0.15, 0.2) is 0 Å². The molecule has 30 heavy (non-hydrogen) atoms. The molecule has 0 radical (unpaired) electrons. The predicted molar refractivity (Wildman–Crippen MR) is 116 cm³/mol. The zero-order chi connectivity index (χ0) is 20.8. The molecule has 7 heteroatoms. The molecule has 0 aliphatic carbocycles. The molecule has 1 aromatic heterocycles. The average molecular weight is 425 g/mol. The first-order valence-corrected chi connectivity index (χ1v) is 10.7. The Morgan fingerprint density at radius 1 is 1.10 bits per heavy atom. The van der Waals surface area contributed by atoms with Crippen molar-refractivity contribution in [1.29, 1.82) is 0 Å². The van der Waals surface area contributed by atoms with Crippen molar-refractivity contribution >= 4 is 17.5 Å². The highest BCUT2D eigenvalue weighted by molar-refractivity contribution is 6.30. The average Bonchev–Trinajstić information content (AvgIpc) is 3.27. The maximum Gasteiger partial charge on any atom is 0.292 e. The summed E-state index contributed by atoms with van der Waals surface area (Å²) in [5.74, 6) is 0.688. The van der Waals surface area contributed by atoms with Gasteiger partial charge in [-0.2, -0.15) is 4.98 Å². The lowest BCUT2D eigenvalue weighted by atomic mass is 9.93. The van der Waals surface area contributed by atoms with E-state index in [-0.39, 0.29) is 11.7 Å². The summed E-state index contributed by atoms with van der Waals surface area (Å²) in [6.45, 7) is 3.83. The molecule has 0 atom stereocenters. The summed E-state index contributed by atoms with van der Waals surface area (Å²) in [7, 11) is 0. The van der Waals surface area contributed by atoms with Gasteiger partial charge >= 0.3 is 0 Å². The number of likely N-dealkylation sites (tertiary alicyclic amines) is 1. The van der Waals surface area contributed by atoms with Gasteiger partial charge in [-0.05, 0) is 68.1 Å². The molecule has 1 aliphatic heterocycles. The minimum atomic E-state index is -0.305. The first-order chi connectivity index (χ1) is 14.7. The highest BCUT2D eigenvalue weighted by Gasteiger charge is 2.20. The van der Waals surface area contributed by atoms with Crippen LogP contribution in [0.3, 0.4) is 0 Å². The van der Waals surface area contributed by atoms with E-state index in [0.717, 1.165) is 44.5 Å². The van der Waals surface area contributed by atoms with Gasteiger partial charge in [0, 0.05) is 23.7 Å². The molecule has 2 heterocycles. The van der Waals surface area contributed by atoms with E-state index < -0.39 is 0 Å². The van der Waals surface area contributed by atoms with Crippen molar-refractivity contribution < 1.29 is 9.32 Å². The second-order valence-electron chi connectivity index (χ2n) is 7.68. The normalized spacial score (nSPS) is 15.2. The number of hydrogen-bond donors (Lipinski definition) is 1. The standard InChI is InChI=1S/C23H25ClN4O2/c24-20-8-6-19(7-9-20)23-26-21(27-30-23)22(29)25-13-10-17-11-14-28(15-12-17)16-18-4-2-1-3-5-18/h1-9,17H,10-16H2,(H,25,29). The molecule has 3 aromatic rings. The molecule has 156 valence electrons. The van der Waals surface area contributed by atoms with Crippen LogP contribution in [0, 0.1) is 5.92 Å². The smallest absolute Gasteiger partial charge is 0.292 e. The van der Waals surface area contributed by atoms with Gasteiger partial charge in [-0.1, -0.05) is 47.1 Å². The fourth-order valence-electron chi connectivity index (χ4n) is 3.77. The third-order valence-electron chi connectivity index (χ3n) is 5.51. The van der Waals surface area contributed by atoms with Gasteiger partial charge in [0.1, 0.15) is 0 Å². The third-order valence-corrected chi connectivity index (χ3v) is 5.77. The topological polar surface area (TPSA) is 71.3 Å². The minimum absolute atomic E-state index is 0.0534. The molecule has 1 amide bonds. The van der Waals surface area contributed by atoms with Crippen LogP contribution in [0.2, 0.25) is 5.02 Å². The summed E-state index contributed by atoms with van der Waals surface area (Å²) < 4.78 is 5.20. The zero-order valence-electron chi connectivity index (χ0n) is 16.8. The molecule has 4 rings (SSSR count). The van der Waals surface area contributed by atoms with Crippen LogP contribution in [-0.2, 0) is 6.54 Å². The number of benzene rings is 2. The van der Waals surface area contributed by atoms with Crippen molar-refractivity contribution in [3.05, 3.63) is 71.0 Å². The van der Waals surface area contributed by atoms with Crippen LogP contribution in [0.1, 0.15) is 35.4 Å². The second kappa shape index (κ2) is 9.87. The minimum Gasteiger partial charge on any atom is -0.349 e. The number of nitrogens with zero attached hydrogens (tertiary/aromatic N) is 3. The molecular weight excluding hydrogens is 400 g/mol. The molecular formula is C23H25ClN4O2. The highest BCUT2D eigenvalue weighted by atomic mass is 35.5. The predicted octanol–water partition coefficient (Wildman–Crippen LogP) is 4.42. The van der Waals surface area contributed by atoms with Crippen LogP contribution in [-0.4, -0.2) is 40.6 Å². The van der Waals surface area contributed by atoms with Crippen LogP contribution >= 0.6 is 11.6 Å². The van der Waals surface area contributed by atoms with E-state index in [9.17, 15) is 4.79 Å². The highest BCUT2D eigenvalue weighted by Crippen LogP contribution is 2.22. The fraction of sp³-hybridized carbons (Fsp3) is 0.348. The van der Waals surface area contributed by atoms with Gasteiger partial charge in [-0.3, -0.25) is 9.69 Å². The molecule has 0 unspecified atom stereocenters. The van der Waals surface area contributed by atoms with Crippen molar-refractivity contribution in [1.82, 2.24) is 20.4 Å². The van der Waals surface area contributed by atoms with Crippen LogP contribution in [0.25, 0.3) is 11.5 Å². The molecule has 1 N–H and O–H groups in total. The SMILES string of the molecule is O=C(NCCC1CCN(Cc2ccccc2)CC1)c1noc(-c2ccc(Cl)cc2)n1. The Hall–Kier alpha value is -2.70. The van der Waals surface area contributed by atoms with Crippen LogP contribution in [0.4, 0.5) is 0 Å². The summed E-state index contributed by atoms with van der Waals surface area (Å²) in [5.41, 5.74) is 2.09. The second-order valence-corrected chi connectivity index (χ2v) is 8.12. The quantitative estimate of drug-likeness (QED) is 0.607. The third kappa shape index (κ3) is 5.46. The van der Waals surface area contributed by atoms with Crippen LogP contribution in [0.5, 0.6) is 0 Å². The lowest BCUT2D eigenvalue weighted by Gasteiger charge is -2.32. The van der Waals surface area contributed by atoms with Crippen molar-refractivity contribution in [3.63, 3.8) is 0 Å². The lowest BCUT2D eigenvalue weighted by Crippen LogP contribution is -2.35. The molecule has 1 aliphatic rings. The number of hydrogen-bond acceptors (Lipinski definition) is 5. The molecule has 6 nitrogen and oxygen atoms in total. The van der Waals surface area contributed by atoms with Gasteiger partial charge in [-0.25, -0.2) is 0 Å². The van der Waals surface area contributed by atoms with E-state index in [1.54, 1.807) is 24.3 Å². The van der Waals surface area contributed by atoms with E-state index in [4.69, 9.17) is 16.1 Å². The van der Waals surface area contributed by atoms with Gasteiger partial charge < -0.3 is 9.84 Å². The Bertz CT molecular complexity index is 951. The monoisotopic (exact) mass is 424 g/mol. The summed E-state index contributed by atoms with van der Waals surface area (Å²) in [6.07, 6.45) is 3.28. The zero-order valence-corrected chi connectivity index (χ0v) is 17.5. The Balaban J connectivity index is 1.19. The molecule has 2 aromatic carbocycles. The Morgan fingerprint density at radius 2 is 1.83 bits per heavy atom. The summed E-state index contributed by atoms with van der Waals surface area (Å²) in [4.78, 5) is 19.0.